The van der Waals surface area contributed by atoms with Crippen molar-refractivity contribution < 1.29 is 15.2 Å². The van der Waals surface area contributed by atoms with Gasteiger partial charge in [0.2, 0.25) is 0 Å². The summed E-state index contributed by atoms with van der Waals surface area (Å²) < 4.78 is 26.6. The molecule has 6 aromatic rings. The van der Waals surface area contributed by atoms with E-state index in [0.717, 1.165) is 90.3 Å². The summed E-state index contributed by atoms with van der Waals surface area (Å²) >= 11 is -2.84. The Balaban J connectivity index is 0.000000298. The third-order valence-electron chi connectivity index (χ3n) is 20.6. The number of hydrogen-bond acceptors (Lipinski definition) is 8. The number of unbranched alkanes of at least 4 members (excludes halogenated alkanes) is 8. The van der Waals surface area contributed by atoms with Gasteiger partial charge in [-0.25, -0.2) is 0 Å². The first kappa shape index (κ1) is 78.3. The number of aryl methyl sites for hydroxylation is 4. The number of rotatable bonds is 28. The predicted molar refractivity (Wildman–Crippen MR) is 416 cm³/mol. The maximum Gasteiger partial charge on any atom is 0.832 e. The number of hydrogen-bond donors (Lipinski definition) is 0. The van der Waals surface area contributed by atoms with Gasteiger partial charge in [0.05, 0.1) is 45.7 Å². The van der Waals surface area contributed by atoms with Crippen LogP contribution in [0.2, 0.25) is 0 Å². The van der Waals surface area contributed by atoms with Crippen molar-refractivity contribution in [1.82, 2.24) is 0 Å². The second-order valence-corrected chi connectivity index (χ2v) is 30.4. The highest BCUT2D eigenvalue weighted by atomic mass is 27.2. The molecule has 2 aliphatic heterocycles. The third kappa shape index (κ3) is 21.1. The van der Waals surface area contributed by atoms with E-state index in [1.54, 1.807) is 0 Å². The van der Waals surface area contributed by atoms with Gasteiger partial charge in [0.1, 0.15) is 0 Å². The minimum atomic E-state index is -1.42. The number of aliphatic imine (C=N–C) groups is 4. The van der Waals surface area contributed by atoms with E-state index in [2.05, 4.69) is 159 Å². The minimum Gasteiger partial charge on any atom is -0.614 e. The third-order valence-corrected chi connectivity index (χ3v) is 22.2. The standard InChI is InChI=1S/2C42H60N2O2.CH4.2Al.2H/c2*1-9-13-21-41(7,22-14-10-2)35-25-31(5)39(45)33(27-35)29-43-37-19-17-18-20-38(37)44-30-34-28-36(26-32(6)40(34)46)42(8,23-15-11-3)24-16-12-4;;;;;/h2*17-20,25-30,45-46H,9-16,21-24H2,1-8H3;1H4;;;;/q;;;2*+2;;/p-4. The molecule has 512 valence electrons. The zero-order chi connectivity index (χ0) is 67.7. The van der Waals surface area contributed by atoms with Crippen LogP contribution in [0.1, 0.15) is 311 Å². The average Bonchev–Trinajstić information content (AvgIpc) is 1.56. The lowest BCUT2D eigenvalue weighted by Gasteiger charge is -2.32. The van der Waals surface area contributed by atoms with Gasteiger partial charge in [0, 0.05) is 47.1 Å². The summed E-state index contributed by atoms with van der Waals surface area (Å²) in [4.78, 5) is 20.1. The minimum absolute atomic E-state index is 0. The molecular formula is C85H122Al2N4O4. The summed E-state index contributed by atoms with van der Waals surface area (Å²) in [6.07, 6.45) is 36.8. The van der Waals surface area contributed by atoms with Crippen molar-refractivity contribution in [3.05, 3.63) is 164 Å². The fraction of sp³-hybridized carbons (Fsp3) is 0.529. The summed E-state index contributed by atoms with van der Waals surface area (Å²) in [5, 5.41) is 0. The lowest BCUT2D eigenvalue weighted by molar-refractivity contribution is 0.373. The van der Waals surface area contributed by atoms with Crippen LogP contribution < -0.4 is 15.2 Å². The van der Waals surface area contributed by atoms with Gasteiger partial charge in [-0.05, 0) is 194 Å². The van der Waals surface area contributed by atoms with E-state index in [4.69, 9.17) is 35.1 Å². The van der Waals surface area contributed by atoms with Gasteiger partial charge in [-0.3, -0.25) is 20.0 Å². The normalized spacial score (nSPS) is 13.1. The molecule has 0 bridgehead atoms. The monoisotopic (exact) mass is 1320 g/mol. The lowest BCUT2D eigenvalue weighted by Crippen LogP contribution is -2.23. The lowest BCUT2D eigenvalue weighted by atomic mass is 9.73. The van der Waals surface area contributed by atoms with Crippen molar-refractivity contribution in [2.24, 2.45) is 20.0 Å². The fourth-order valence-corrected chi connectivity index (χ4v) is 16.3. The summed E-state index contributed by atoms with van der Waals surface area (Å²) in [6, 6.07) is 35.1. The van der Waals surface area contributed by atoms with E-state index in [-0.39, 0.29) is 29.1 Å². The van der Waals surface area contributed by atoms with Crippen molar-refractivity contribution in [3.8, 4) is 23.0 Å². The average molecular weight is 1320 g/mol. The van der Waals surface area contributed by atoms with Crippen LogP contribution in [-0.4, -0.2) is 56.6 Å². The Morgan fingerprint density at radius 3 is 0.642 bits per heavy atom. The SMILES string of the molecule is C.CCCCC(C)(CCCC)c1cc(C)c2c(c1)C=Nc1ccccc1N=Cc1cc(C(C)(CCCC)CCCC)cc(C)c1[O][AlH][O]2.CCCCC(C)(CCCC)c1cc(C)c2c(c1)C=Nc1ccccc1N=Cc1cc(C(C)(CCCC)CCCC)cc(C)c1[O][AlH][O]2. The summed E-state index contributed by atoms with van der Waals surface area (Å²) in [7, 11) is 0. The van der Waals surface area contributed by atoms with Crippen LogP contribution in [0.3, 0.4) is 0 Å². The molecule has 8 nitrogen and oxygen atoms in total. The largest absolute Gasteiger partial charge is 0.832 e. The zero-order valence-corrected chi connectivity index (χ0v) is 64.2. The smallest absolute Gasteiger partial charge is 0.614 e. The quantitative estimate of drug-likeness (QED) is 0.0458. The Kier molecular flexibility index (Phi) is 31.7. The molecule has 0 saturated heterocycles. The van der Waals surface area contributed by atoms with E-state index in [9.17, 15) is 0 Å². The van der Waals surface area contributed by atoms with Crippen LogP contribution in [0, 0.1) is 27.7 Å². The first-order valence-electron chi connectivity index (χ1n) is 36.8. The molecule has 8 rings (SSSR count). The predicted octanol–water partition coefficient (Wildman–Crippen LogP) is 24.9. The van der Waals surface area contributed by atoms with E-state index in [1.807, 2.05) is 73.4 Å². The van der Waals surface area contributed by atoms with Crippen LogP contribution >= 0.6 is 0 Å². The van der Waals surface area contributed by atoms with Crippen LogP contribution in [0.15, 0.2) is 117 Å². The molecule has 2 aliphatic rings. The molecule has 0 amide bonds. The summed E-state index contributed by atoms with van der Waals surface area (Å²) in [5.74, 6) is 3.55. The number of benzene rings is 6. The Bertz CT molecular complexity index is 3020. The highest BCUT2D eigenvalue weighted by molar-refractivity contribution is 6.22. The molecule has 0 N–H and O–H groups in total. The highest BCUT2D eigenvalue weighted by Crippen LogP contribution is 2.44. The van der Waals surface area contributed by atoms with Gasteiger partial charge in [-0.2, -0.15) is 0 Å². The molecule has 0 aliphatic carbocycles. The molecule has 0 radical (unpaired) electrons. The van der Waals surface area contributed by atoms with Gasteiger partial charge in [0.15, 0.2) is 0 Å². The van der Waals surface area contributed by atoms with Crippen molar-refractivity contribution >= 4 is 79.4 Å². The zero-order valence-electron chi connectivity index (χ0n) is 61.4. The first-order chi connectivity index (χ1) is 45.3. The van der Waals surface area contributed by atoms with Crippen molar-refractivity contribution in [3.63, 3.8) is 0 Å². The molecular weight excluding hydrogens is 1190 g/mol. The molecule has 0 saturated carbocycles. The fourth-order valence-electron chi connectivity index (χ4n) is 14.2. The Hall–Kier alpha value is -5.74. The second-order valence-electron chi connectivity index (χ2n) is 28.7. The molecule has 2 heterocycles. The molecule has 0 aromatic heterocycles. The van der Waals surface area contributed by atoms with Gasteiger partial charge >= 0.3 is 31.8 Å². The Morgan fingerprint density at radius 2 is 0.474 bits per heavy atom. The first-order valence-corrected chi connectivity index (χ1v) is 39.1. The topological polar surface area (TPSA) is 86.4 Å². The summed E-state index contributed by atoms with van der Waals surface area (Å²) in [5.41, 5.74) is 18.0. The number of para-hydroxylation sites is 4. The van der Waals surface area contributed by atoms with E-state index in [0.29, 0.717) is 0 Å². The second kappa shape index (κ2) is 38.4. The maximum absolute atomic E-state index is 6.65. The van der Waals surface area contributed by atoms with Gasteiger partial charge in [-0.1, -0.05) is 242 Å². The molecule has 6 aromatic carbocycles. The van der Waals surface area contributed by atoms with E-state index >= 15 is 0 Å². The van der Waals surface area contributed by atoms with E-state index < -0.39 is 31.8 Å². The molecule has 0 atom stereocenters. The van der Waals surface area contributed by atoms with Crippen molar-refractivity contribution in [2.75, 3.05) is 0 Å². The molecule has 0 spiro atoms. The van der Waals surface area contributed by atoms with Crippen molar-refractivity contribution in [2.45, 2.75) is 294 Å². The van der Waals surface area contributed by atoms with Crippen LogP contribution in [0.25, 0.3) is 0 Å². The van der Waals surface area contributed by atoms with Crippen LogP contribution in [-0.2, 0) is 21.7 Å². The number of fused-ring (bicyclic) bond motifs is 6. The number of nitrogens with zero attached hydrogens (tertiary/aromatic N) is 4. The molecule has 10 heteroatoms. The van der Waals surface area contributed by atoms with Gasteiger partial charge in [0.25, 0.3) is 0 Å². The molecule has 0 unspecified atom stereocenters. The van der Waals surface area contributed by atoms with Crippen LogP contribution in [0.5, 0.6) is 23.0 Å². The Labute approximate surface area is 591 Å². The highest BCUT2D eigenvalue weighted by Gasteiger charge is 2.32. The summed E-state index contributed by atoms with van der Waals surface area (Å²) in [6.45, 7) is 36.8. The van der Waals surface area contributed by atoms with Crippen molar-refractivity contribution in [1.29, 1.82) is 0 Å². The van der Waals surface area contributed by atoms with Gasteiger partial charge < -0.3 is 15.2 Å². The molecule has 0 fully saturated rings. The van der Waals surface area contributed by atoms with E-state index in [1.165, 1.54) is 176 Å². The van der Waals surface area contributed by atoms with Crippen LogP contribution in [0.4, 0.5) is 22.7 Å². The maximum atomic E-state index is 6.65. The van der Waals surface area contributed by atoms with Gasteiger partial charge in [-0.15, -0.1) is 0 Å². The molecule has 95 heavy (non-hydrogen) atoms. The Morgan fingerprint density at radius 1 is 0.295 bits per heavy atom.